The molecule has 0 saturated carbocycles. The van der Waals surface area contributed by atoms with Crippen LogP contribution in [0.4, 0.5) is 9.18 Å². The Kier molecular flexibility index (Phi) is 5.14. The zero-order valence-corrected chi connectivity index (χ0v) is 17.9. The maximum Gasteiger partial charge on any atom is 0.341 e. The second kappa shape index (κ2) is 7.96. The molecule has 0 aromatic heterocycles. The summed E-state index contributed by atoms with van der Waals surface area (Å²) in [6.07, 6.45) is 1.89. The largest absolute Gasteiger partial charge is 0.492 e. The predicted octanol–water partition coefficient (Wildman–Crippen LogP) is 3.74. The van der Waals surface area contributed by atoms with Crippen molar-refractivity contribution >= 4 is 11.7 Å². The predicted molar refractivity (Wildman–Crippen MR) is 117 cm³/mol. The Labute approximate surface area is 181 Å². The average molecular weight is 423 g/mol. The van der Waals surface area contributed by atoms with Gasteiger partial charge in [-0.05, 0) is 56.7 Å². The Hall–Kier alpha value is -2.93. The van der Waals surface area contributed by atoms with Crippen molar-refractivity contribution in [3.63, 3.8) is 0 Å². The molecule has 6 nitrogen and oxygen atoms in total. The Bertz CT molecular complexity index is 1000. The molecule has 3 aliphatic rings. The summed E-state index contributed by atoms with van der Waals surface area (Å²) in [5, 5.41) is 6.38. The van der Waals surface area contributed by atoms with Gasteiger partial charge in [-0.25, -0.2) is 14.2 Å². The maximum absolute atomic E-state index is 14.0. The molecular formula is C24H27FN4O2. The third-order valence-electron chi connectivity index (χ3n) is 6.72. The summed E-state index contributed by atoms with van der Waals surface area (Å²) >= 11 is 0. The summed E-state index contributed by atoms with van der Waals surface area (Å²) in [5.74, 6) is 0.128. The standard InChI is InChI=1S/C24H27FN4O2/c1-27-12-10-18(11-13-27)28(2)24(30)29-23(16-6-4-3-5-7-16)20-15-31-21-9-8-17(25)14-19(21)22(20)26-29/h3-9,14,18,20,23H,10-13,15H2,1-2H3. The molecule has 3 aliphatic heterocycles. The molecule has 5 rings (SSSR count). The van der Waals surface area contributed by atoms with Gasteiger partial charge in [-0.3, -0.25) is 0 Å². The third-order valence-corrected chi connectivity index (χ3v) is 6.72. The highest BCUT2D eigenvalue weighted by Gasteiger charge is 2.46. The molecule has 2 atom stereocenters. The highest BCUT2D eigenvalue weighted by Crippen LogP contribution is 2.43. The number of halogens is 1. The molecular weight excluding hydrogens is 395 g/mol. The summed E-state index contributed by atoms with van der Waals surface area (Å²) in [4.78, 5) is 17.8. The van der Waals surface area contributed by atoms with E-state index in [1.54, 1.807) is 11.1 Å². The molecule has 0 bridgehead atoms. The van der Waals surface area contributed by atoms with Crippen molar-refractivity contribution in [1.82, 2.24) is 14.8 Å². The van der Waals surface area contributed by atoms with Crippen molar-refractivity contribution in [2.24, 2.45) is 11.0 Å². The minimum atomic E-state index is -0.338. The fraction of sp³-hybridized carbons (Fsp3) is 0.417. The lowest BCUT2D eigenvalue weighted by molar-refractivity contribution is 0.102. The number of piperidine rings is 1. The molecule has 2 unspecified atom stereocenters. The quantitative estimate of drug-likeness (QED) is 0.741. The van der Waals surface area contributed by atoms with Crippen molar-refractivity contribution < 1.29 is 13.9 Å². The summed E-state index contributed by atoms with van der Waals surface area (Å²) in [6.45, 7) is 2.35. The van der Waals surface area contributed by atoms with Crippen molar-refractivity contribution in [1.29, 1.82) is 0 Å². The highest BCUT2D eigenvalue weighted by molar-refractivity contribution is 6.07. The molecule has 7 heteroatoms. The van der Waals surface area contributed by atoms with Crippen molar-refractivity contribution in [3.8, 4) is 5.75 Å². The van der Waals surface area contributed by atoms with Crippen LogP contribution in [0.1, 0.15) is 30.0 Å². The van der Waals surface area contributed by atoms with E-state index in [-0.39, 0.29) is 29.8 Å². The number of rotatable bonds is 2. The highest BCUT2D eigenvalue weighted by atomic mass is 19.1. The van der Waals surface area contributed by atoms with Crippen LogP contribution in [-0.4, -0.2) is 66.4 Å². The molecule has 0 spiro atoms. The molecule has 1 fully saturated rings. The Morgan fingerprint density at radius 3 is 2.65 bits per heavy atom. The summed E-state index contributed by atoms with van der Waals surface area (Å²) in [6, 6.07) is 14.2. The average Bonchev–Trinajstić information content (AvgIpc) is 3.19. The van der Waals surface area contributed by atoms with E-state index in [1.165, 1.54) is 12.1 Å². The summed E-state index contributed by atoms with van der Waals surface area (Å²) in [7, 11) is 3.98. The van der Waals surface area contributed by atoms with Crippen LogP contribution >= 0.6 is 0 Å². The fourth-order valence-corrected chi connectivity index (χ4v) is 4.89. The van der Waals surface area contributed by atoms with Crippen LogP contribution < -0.4 is 4.74 Å². The number of hydrazone groups is 1. The lowest BCUT2D eigenvalue weighted by Crippen LogP contribution is -2.49. The summed E-state index contributed by atoms with van der Waals surface area (Å²) < 4.78 is 20.0. The second-order valence-corrected chi connectivity index (χ2v) is 8.67. The van der Waals surface area contributed by atoms with E-state index in [4.69, 9.17) is 9.84 Å². The Morgan fingerprint density at radius 1 is 1.16 bits per heavy atom. The van der Waals surface area contributed by atoms with Gasteiger partial charge in [-0.1, -0.05) is 30.3 Å². The fourth-order valence-electron chi connectivity index (χ4n) is 4.89. The number of nitrogens with zero attached hydrogens (tertiary/aromatic N) is 4. The first-order valence-electron chi connectivity index (χ1n) is 10.8. The van der Waals surface area contributed by atoms with E-state index in [0.717, 1.165) is 37.2 Å². The minimum Gasteiger partial charge on any atom is -0.492 e. The van der Waals surface area contributed by atoms with Gasteiger partial charge in [0.2, 0.25) is 0 Å². The topological polar surface area (TPSA) is 48.4 Å². The van der Waals surface area contributed by atoms with Crippen molar-refractivity contribution in [3.05, 3.63) is 65.5 Å². The molecule has 1 saturated heterocycles. The van der Waals surface area contributed by atoms with Crippen LogP contribution in [0.3, 0.4) is 0 Å². The lowest BCUT2D eigenvalue weighted by atomic mass is 9.86. The number of ether oxygens (including phenoxy) is 1. The monoisotopic (exact) mass is 422 g/mol. The Balaban J connectivity index is 1.51. The minimum absolute atomic E-state index is 0.122. The van der Waals surface area contributed by atoms with Gasteiger partial charge in [0.05, 0.1) is 24.3 Å². The number of amides is 2. The van der Waals surface area contributed by atoms with Crippen molar-refractivity contribution in [2.75, 3.05) is 33.8 Å². The molecule has 2 aromatic rings. The van der Waals surface area contributed by atoms with Crippen molar-refractivity contribution in [2.45, 2.75) is 24.9 Å². The first-order valence-corrected chi connectivity index (χ1v) is 10.8. The summed E-state index contributed by atoms with van der Waals surface area (Å²) in [5.41, 5.74) is 2.36. The smallest absolute Gasteiger partial charge is 0.341 e. The third kappa shape index (κ3) is 3.57. The van der Waals surface area contributed by atoms with Gasteiger partial charge in [-0.15, -0.1) is 0 Å². The molecule has 0 aliphatic carbocycles. The SMILES string of the molecule is CN1CCC(N(C)C(=O)N2N=C3c4cc(F)ccc4OCC3C2c2ccccc2)CC1. The number of hydrogen-bond acceptors (Lipinski definition) is 4. The van der Waals surface area contributed by atoms with E-state index in [1.807, 2.05) is 42.3 Å². The molecule has 3 heterocycles. The van der Waals surface area contributed by atoms with Crippen LogP contribution in [0.15, 0.2) is 53.6 Å². The molecule has 2 amide bonds. The van der Waals surface area contributed by atoms with Gasteiger partial charge < -0.3 is 14.5 Å². The molecule has 0 N–H and O–H groups in total. The van der Waals surface area contributed by atoms with E-state index < -0.39 is 0 Å². The Morgan fingerprint density at radius 2 is 1.90 bits per heavy atom. The van der Waals surface area contributed by atoms with Crippen LogP contribution in [0.25, 0.3) is 0 Å². The van der Waals surface area contributed by atoms with E-state index in [9.17, 15) is 9.18 Å². The van der Waals surface area contributed by atoms with Crippen LogP contribution in [0.2, 0.25) is 0 Å². The van der Waals surface area contributed by atoms with Gasteiger partial charge in [-0.2, -0.15) is 5.10 Å². The van der Waals surface area contributed by atoms with E-state index in [0.29, 0.717) is 17.9 Å². The van der Waals surface area contributed by atoms with E-state index in [2.05, 4.69) is 11.9 Å². The normalized spacial score (nSPS) is 23.6. The van der Waals surface area contributed by atoms with Gasteiger partial charge in [0.15, 0.2) is 0 Å². The van der Waals surface area contributed by atoms with Gasteiger partial charge in [0, 0.05) is 18.7 Å². The van der Waals surface area contributed by atoms with Crippen LogP contribution in [0.5, 0.6) is 5.75 Å². The van der Waals surface area contributed by atoms with Gasteiger partial charge in [0.1, 0.15) is 11.6 Å². The first-order chi connectivity index (χ1) is 15.0. The second-order valence-electron chi connectivity index (χ2n) is 8.67. The zero-order valence-electron chi connectivity index (χ0n) is 17.9. The number of urea groups is 1. The van der Waals surface area contributed by atoms with Crippen LogP contribution in [0, 0.1) is 11.7 Å². The number of carbonyl (C=O) groups excluding carboxylic acids is 1. The molecule has 162 valence electrons. The number of likely N-dealkylation sites (tertiary alicyclic amines) is 1. The number of hydrogen-bond donors (Lipinski definition) is 0. The van der Waals surface area contributed by atoms with Gasteiger partial charge in [0.25, 0.3) is 0 Å². The number of fused-ring (bicyclic) bond motifs is 3. The molecule has 0 radical (unpaired) electrons. The van der Waals surface area contributed by atoms with Crippen LogP contribution in [-0.2, 0) is 0 Å². The first kappa shape index (κ1) is 20.0. The zero-order chi connectivity index (χ0) is 21.5. The molecule has 2 aromatic carbocycles. The molecule has 31 heavy (non-hydrogen) atoms. The van der Waals surface area contributed by atoms with E-state index >= 15 is 0 Å². The van der Waals surface area contributed by atoms with Gasteiger partial charge >= 0.3 is 6.03 Å². The number of carbonyl (C=O) groups is 1. The maximum atomic E-state index is 14.0. The number of benzene rings is 2. The lowest BCUT2D eigenvalue weighted by Gasteiger charge is -2.37.